The lowest BCUT2D eigenvalue weighted by Crippen LogP contribution is -1.94. The van der Waals surface area contributed by atoms with E-state index in [1.54, 1.807) is 0 Å². The van der Waals surface area contributed by atoms with Crippen molar-refractivity contribution in [1.29, 1.82) is 0 Å². The summed E-state index contributed by atoms with van der Waals surface area (Å²) in [5.74, 6) is 0.352. The molecule has 1 heteroatoms. The van der Waals surface area contributed by atoms with Crippen LogP contribution in [0.3, 0.4) is 0 Å². The van der Waals surface area contributed by atoms with E-state index in [1.807, 2.05) is 12.1 Å². The summed E-state index contributed by atoms with van der Waals surface area (Å²) in [4.78, 5) is 0. The molecule has 2 aromatic carbocycles. The van der Waals surface area contributed by atoms with E-state index in [4.69, 9.17) is 0 Å². The standard InChI is InChI=1S/C18H22O/c1-4-5-8-15-9-6-7-10-17(15)18-13(2)11-16(19)12-14(18)3/h6-7,9-12,19H,4-5,8H2,1-3H3. The van der Waals surface area contributed by atoms with Gasteiger partial charge in [0, 0.05) is 0 Å². The quantitative estimate of drug-likeness (QED) is 0.812. The fourth-order valence-corrected chi connectivity index (χ4v) is 2.71. The average Bonchev–Trinajstić information content (AvgIpc) is 2.36. The van der Waals surface area contributed by atoms with Gasteiger partial charge in [-0.25, -0.2) is 0 Å². The van der Waals surface area contributed by atoms with Crippen LogP contribution in [0.15, 0.2) is 36.4 Å². The predicted octanol–water partition coefficient (Wildman–Crippen LogP) is 5.02. The van der Waals surface area contributed by atoms with Gasteiger partial charge in [0.25, 0.3) is 0 Å². The van der Waals surface area contributed by atoms with Gasteiger partial charge in [0.15, 0.2) is 0 Å². The van der Waals surface area contributed by atoms with Crippen molar-refractivity contribution in [1.82, 2.24) is 0 Å². The third kappa shape index (κ3) is 2.98. The highest BCUT2D eigenvalue weighted by molar-refractivity contribution is 5.74. The molecule has 0 unspecified atom stereocenters. The normalized spacial score (nSPS) is 10.7. The fraction of sp³-hybridized carbons (Fsp3) is 0.333. The molecule has 0 radical (unpaired) electrons. The molecular weight excluding hydrogens is 232 g/mol. The summed E-state index contributed by atoms with van der Waals surface area (Å²) in [7, 11) is 0. The molecule has 0 spiro atoms. The third-order valence-electron chi connectivity index (χ3n) is 3.60. The van der Waals surface area contributed by atoms with E-state index in [0.29, 0.717) is 5.75 Å². The SMILES string of the molecule is CCCCc1ccccc1-c1c(C)cc(O)cc1C. The maximum atomic E-state index is 9.68. The Morgan fingerprint density at radius 2 is 1.63 bits per heavy atom. The molecule has 0 saturated carbocycles. The number of unbranched alkanes of at least 4 members (excludes halogenated alkanes) is 1. The smallest absolute Gasteiger partial charge is 0.116 e. The van der Waals surface area contributed by atoms with Gasteiger partial charge in [0.05, 0.1) is 0 Å². The Balaban J connectivity index is 2.53. The number of aromatic hydroxyl groups is 1. The van der Waals surface area contributed by atoms with Crippen molar-refractivity contribution >= 4 is 0 Å². The first-order valence-electron chi connectivity index (χ1n) is 7.02. The lowest BCUT2D eigenvalue weighted by atomic mass is 9.90. The van der Waals surface area contributed by atoms with E-state index in [-0.39, 0.29) is 0 Å². The number of hydrogen-bond acceptors (Lipinski definition) is 1. The highest BCUT2D eigenvalue weighted by Crippen LogP contribution is 2.33. The molecule has 0 aliphatic carbocycles. The van der Waals surface area contributed by atoms with Crippen LogP contribution in [0.5, 0.6) is 5.75 Å². The minimum absolute atomic E-state index is 0.352. The summed E-state index contributed by atoms with van der Waals surface area (Å²) >= 11 is 0. The summed E-state index contributed by atoms with van der Waals surface area (Å²) in [6.07, 6.45) is 3.54. The van der Waals surface area contributed by atoms with Gasteiger partial charge in [0.1, 0.15) is 5.75 Å². The topological polar surface area (TPSA) is 20.2 Å². The predicted molar refractivity (Wildman–Crippen MR) is 81.6 cm³/mol. The Hall–Kier alpha value is -1.76. The number of phenols is 1. The fourth-order valence-electron chi connectivity index (χ4n) is 2.71. The maximum absolute atomic E-state index is 9.68. The van der Waals surface area contributed by atoms with Gasteiger partial charge in [-0.1, -0.05) is 37.6 Å². The Kier molecular flexibility index (Phi) is 4.26. The summed E-state index contributed by atoms with van der Waals surface area (Å²) in [6.45, 7) is 6.36. The second-order valence-corrected chi connectivity index (χ2v) is 5.22. The highest BCUT2D eigenvalue weighted by Gasteiger charge is 2.10. The van der Waals surface area contributed by atoms with Crippen molar-refractivity contribution in [2.75, 3.05) is 0 Å². The van der Waals surface area contributed by atoms with Gasteiger partial charge in [-0.05, 0) is 66.6 Å². The molecule has 0 aliphatic rings. The van der Waals surface area contributed by atoms with Crippen molar-refractivity contribution in [2.45, 2.75) is 40.0 Å². The molecule has 0 saturated heterocycles. The zero-order valence-electron chi connectivity index (χ0n) is 12.0. The summed E-state index contributed by atoms with van der Waals surface area (Å²) in [5, 5.41) is 9.68. The molecule has 2 rings (SSSR count). The molecule has 100 valence electrons. The molecule has 0 atom stereocenters. The second kappa shape index (κ2) is 5.92. The first-order chi connectivity index (χ1) is 9.13. The minimum Gasteiger partial charge on any atom is -0.508 e. The molecule has 1 N–H and O–H groups in total. The van der Waals surface area contributed by atoms with E-state index < -0.39 is 0 Å². The number of hydrogen-bond donors (Lipinski definition) is 1. The van der Waals surface area contributed by atoms with Crippen LogP contribution < -0.4 is 0 Å². The zero-order chi connectivity index (χ0) is 13.8. The van der Waals surface area contributed by atoms with Gasteiger partial charge in [0.2, 0.25) is 0 Å². The van der Waals surface area contributed by atoms with Gasteiger partial charge < -0.3 is 5.11 Å². The number of rotatable bonds is 4. The average molecular weight is 254 g/mol. The number of benzene rings is 2. The van der Waals surface area contributed by atoms with Gasteiger partial charge >= 0.3 is 0 Å². The van der Waals surface area contributed by atoms with Crippen LogP contribution in [0.1, 0.15) is 36.5 Å². The van der Waals surface area contributed by atoms with E-state index in [1.165, 1.54) is 29.5 Å². The second-order valence-electron chi connectivity index (χ2n) is 5.22. The zero-order valence-corrected chi connectivity index (χ0v) is 12.0. The Labute approximate surface area is 115 Å². The van der Waals surface area contributed by atoms with Crippen LogP contribution >= 0.6 is 0 Å². The molecule has 19 heavy (non-hydrogen) atoms. The Morgan fingerprint density at radius 3 is 2.26 bits per heavy atom. The van der Waals surface area contributed by atoms with Crippen LogP contribution in [-0.4, -0.2) is 5.11 Å². The molecule has 2 aromatic rings. The lowest BCUT2D eigenvalue weighted by Gasteiger charge is -2.15. The lowest BCUT2D eigenvalue weighted by molar-refractivity contribution is 0.474. The van der Waals surface area contributed by atoms with E-state index in [9.17, 15) is 5.11 Å². The first kappa shape index (κ1) is 13.7. The van der Waals surface area contributed by atoms with E-state index in [2.05, 4.69) is 45.0 Å². The Morgan fingerprint density at radius 1 is 1.00 bits per heavy atom. The van der Waals surface area contributed by atoms with Gasteiger partial charge in [-0.3, -0.25) is 0 Å². The van der Waals surface area contributed by atoms with Crippen molar-refractivity contribution in [3.63, 3.8) is 0 Å². The van der Waals surface area contributed by atoms with Crippen LogP contribution in [0, 0.1) is 13.8 Å². The third-order valence-corrected chi connectivity index (χ3v) is 3.60. The summed E-state index contributed by atoms with van der Waals surface area (Å²) in [6, 6.07) is 12.3. The summed E-state index contributed by atoms with van der Waals surface area (Å²) < 4.78 is 0. The molecule has 0 fully saturated rings. The van der Waals surface area contributed by atoms with Crippen LogP contribution in [0.4, 0.5) is 0 Å². The van der Waals surface area contributed by atoms with Gasteiger partial charge in [-0.15, -0.1) is 0 Å². The molecule has 1 nitrogen and oxygen atoms in total. The van der Waals surface area contributed by atoms with Crippen LogP contribution in [-0.2, 0) is 6.42 Å². The van der Waals surface area contributed by atoms with E-state index in [0.717, 1.165) is 17.5 Å². The highest BCUT2D eigenvalue weighted by atomic mass is 16.3. The van der Waals surface area contributed by atoms with Crippen molar-refractivity contribution < 1.29 is 5.11 Å². The number of phenolic OH excluding ortho intramolecular Hbond substituents is 1. The van der Waals surface area contributed by atoms with E-state index >= 15 is 0 Å². The molecule has 0 heterocycles. The molecule has 0 aromatic heterocycles. The van der Waals surface area contributed by atoms with Crippen molar-refractivity contribution in [3.8, 4) is 16.9 Å². The van der Waals surface area contributed by atoms with Crippen molar-refractivity contribution in [3.05, 3.63) is 53.1 Å². The maximum Gasteiger partial charge on any atom is 0.116 e. The minimum atomic E-state index is 0.352. The first-order valence-corrected chi connectivity index (χ1v) is 7.02. The number of aryl methyl sites for hydroxylation is 3. The largest absolute Gasteiger partial charge is 0.508 e. The molecule has 0 amide bonds. The van der Waals surface area contributed by atoms with Crippen molar-refractivity contribution in [2.24, 2.45) is 0 Å². The Bertz CT molecular complexity index is 547. The monoisotopic (exact) mass is 254 g/mol. The van der Waals surface area contributed by atoms with Crippen LogP contribution in [0.25, 0.3) is 11.1 Å². The van der Waals surface area contributed by atoms with Gasteiger partial charge in [-0.2, -0.15) is 0 Å². The molecule has 0 aliphatic heterocycles. The molecule has 0 bridgehead atoms. The van der Waals surface area contributed by atoms with Crippen LogP contribution in [0.2, 0.25) is 0 Å². The summed E-state index contributed by atoms with van der Waals surface area (Å²) in [5.41, 5.74) is 6.26. The molecular formula is C18H22O.